The highest BCUT2D eigenvalue weighted by atomic mass is 32.2. The van der Waals surface area contributed by atoms with Gasteiger partial charge in [-0.25, -0.2) is 0 Å². The molecule has 1 aromatic carbocycles. The van der Waals surface area contributed by atoms with Crippen LogP contribution in [-0.2, 0) is 0 Å². The zero-order valence-corrected chi connectivity index (χ0v) is 11.1. The summed E-state index contributed by atoms with van der Waals surface area (Å²) in [6, 6.07) is 8.64. The summed E-state index contributed by atoms with van der Waals surface area (Å²) >= 11 is 2.07. The fourth-order valence-corrected chi connectivity index (χ4v) is 4.27. The van der Waals surface area contributed by atoms with Crippen LogP contribution >= 0.6 is 11.8 Å². The quantitative estimate of drug-likeness (QED) is 0.750. The van der Waals surface area contributed by atoms with Gasteiger partial charge in [-0.1, -0.05) is 31.2 Å². The van der Waals surface area contributed by atoms with Crippen molar-refractivity contribution in [3.05, 3.63) is 41.7 Å². The smallest absolute Gasteiger partial charge is 0.0414 e. The molecule has 2 heterocycles. The highest BCUT2D eigenvalue weighted by Gasteiger charge is 2.28. The molecule has 0 radical (unpaired) electrons. The second-order valence-electron chi connectivity index (χ2n) is 4.97. The van der Waals surface area contributed by atoms with E-state index in [-0.39, 0.29) is 0 Å². The molecule has 1 nitrogen and oxygen atoms in total. The van der Waals surface area contributed by atoms with Crippen molar-refractivity contribution in [2.75, 3.05) is 11.5 Å². The third-order valence-corrected chi connectivity index (χ3v) is 5.13. The van der Waals surface area contributed by atoms with Gasteiger partial charge in [0.25, 0.3) is 0 Å². The Hall–Kier alpha value is -1.02. The summed E-state index contributed by atoms with van der Waals surface area (Å²) in [5, 5.41) is 2.68. The number of nitrogens with zero attached hydrogens (tertiary/aromatic N) is 1. The van der Waals surface area contributed by atoms with E-state index >= 15 is 0 Å². The summed E-state index contributed by atoms with van der Waals surface area (Å²) in [7, 11) is 0. The topological polar surface area (TPSA) is 12.9 Å². The molecule has 17 heavy (non-hydrogen) atoms. The number of benzene rings is 1. The van der Waals surface area contributed by atoms with Crippen LogP contribution in [0.4, 0.5) is 0 Å². The molecular formula is C15H17NS. The molecule has 2 unspecified atom stereocenters. The normalized spacial score (nSPS) is 24.4. The van der Waals surface area contributed by atoms with Crippen LogP contribution in [0.25, 0.3) is 10.8 Å². The second kappa shape index (κ2) is 4.34. The lowest BCUT2D eigenvalue weighted by molar-refractivity contribution is 0.573. The molecule has 2 aromatic rings. The van der Waals surface area contributed by atoms with Crippen LogP contribution in [0.2, 0.25) is 0 Å². The van der Waals surface area contributed by atoms with E-state index in [4.69, 9.17) is 0 Å². The van der Waals surface area contributed by atoms with E-state index in [1.54, 1.807) is 0 Å². The first-order chi connectivity index (χ1) is 8.27. The molecule has 0 spiro atoms. The van der Waals surface area contributed by atoms with Gasteiger partial charge in [0, 0.05) is 23.0 Å². The highest BCUT2D eigenvalue weighted by Crippen LogP contribution is 2.40. The van der Waals surface area contributed by atoms with Crippen LogP contribution in [0.1, 0.15) is 24.1 Å². The van der Waals surface area contributed by atoms with E-state index < -0.39 is 0 Å². The number of hydrogen-bond acceptors (Lipinski definition) is 2. The van der Waals surface area contributed by atoms with E-state index in [0.29, 0.717) is 5.92 Å². The average Bonchev–Trinajstić information content (AvgIpc) is 2.75. The third-order valence-electron chi connectivity index (χ3n) is 3.77. The lowest BCUT2D eigenvalue weighted by atomic mass is 9.86. The van der Waals surface area contributed by atoms with Crippen molar-refractivity contribution in [2.45, 2.75) is 19.8 Å². The maximum atomic E-state index is 4.58. The summed E-state index contributed by atoms with van der Waals surface area (Å²) in [6.45, 7) is 4.52. The van der Waals surface area contributed by atoms with Crippen molar-refractivity contribution in [3.8, 4) is 0 Å². The molecule has 0 amide bonds. The van der Waals surface area contributed by atoms with Gasteiger partial charge >= 0.3 is 0 Å². The van der Waals surface area contributed by atoms with E-state index in [0.717, 1.165) is 5.92 Å². The summed E-state index contributed by atoms with van der Waals surface area (Å²) in [5.74, 6) is 3.98. The Morgan fingerprint density at radius 3 is 2.82 bits per heavy atom. The molecule has 0 aliphatic carbocycles. The number of hydrogen-bond donors (Lipinski definition) is 0. The van der Waals surface area contributed by atoms with Gasteiger partial charge < -0.3 is 0 Å². The van der Waals surface area contributed by atoms with Crippen LogP contribution in [0.3, 0.4) is 0 Å². The number of aryl methyl sites for hydroxylation is 1. The van der Waals surface area contributed by atoms with Gasteiger partial charge in [-0.3, -0.25) is 4.98 Å². The van der Waals surface area contributed by atoms with Crippen molar-refractivity contribution < 1.29 is 0 Å². The van der Waals surface area contributed by atoms with Crippen LogP contribution in [0.15, 0.2) is 30.5 Å². The van der Waals surface area contributed by atoms with E-state index in [1.165, 1.54) is 33.5 Å². The van der Waals surface area contributed by atoms with Gasteiger partial charge in [-0.2, -0.15) is 11.8 Å². The molecule has 1 fully saturated rings. The van der Waals surface area contributed by atoms with Gasteiger partial charge in [0.2, 0.25) is 0 Å². The van der Waals surface area contributed by atoms with E-state index in [1.807, 2.05) is 6.20 Å². The maximum Gasteiger partial charge on any atom is 0.0414 e. The molecule has 2 atom stereocenters. The predicted octanol–water partition coefficient (Wildman–Crippen LogP) is 4.01. The first kappa shape index (κ1) is 11.1. The average molecular weight is 243 g/mol. The van der Waals surface area contributed by atoms with Gasteiger partial charge in [0.15, 0.2) is 0 Å². The lowest BCUT2D eigenvalue weighted by Gasteiger charge is -2.19. The first-order valence-corrected chi connectivity index (χ1v) is 7.35. The molecule has 1 aromatic heterocycles. The van der Waals surface area contributed by atoms with E-state index in [2.05, 4.69) is 54.9 Å². The number of aromatic nitrogens is 1. The van der Waals surface area contributed by atoms with Gasteiger partial charge in [-0.15, -0.1) is 0 Å². The standard InChI is InChI=1S/C15H17NS/c1-10-8-17-9-14(10)15-11(2)16-7-12-5-3-4-6-13(12)15/h3-7,10,14H,8-9H2,1-2H3. The Morgan fingerprint density at radius 2 is 2.06 bits per heavy atom. The minimum Gasteiger partial charge on any atom is -0.261 e. The number of pyridine rings is 1. The van der Waals surface area contributed by atoms with Crippen LogP contribution in [0, 0.1) is 12.8 Å². The molecule has 0 saturated carbocycles. The minimum absolute atomic E-state index is 0.679. The number of fused-ring (bicyclic) bond motifs is 1. The number of rotatable bonds is 1. The molecule has 2 heteroatoms. The maximum absolute atomic E-state index is 4.58. The molecule has 1 saturated heterocycles. The zero-order chi connectivity index (χ0) is 11.8. The SMILES string of the molecule is Cc1ncc2ccccc2c1C1CSCC1C. The highest BCUT2D eigenvalue weighted by molar-refractivity contribution is 7.99. The van der Waals surface area contributed by atoms with Crippen molar-refractivity contribution in [2.24, 2.45) is 5.92 Å². The Kier molecular flexibility index (Phi) is 2.83. The van der Waals surface area contributed by atoms with Crippen LogP contribution in [-0.4, -0.2) is 16.5 Å². The zero-order valence-electron chi connectivity index (χ0n) is 10.3. The predicted molar refractivity (Wildman–Crippen MR) is 75.7 cm³/mol. The molecule has 88 valence electrons. The largest absolute Gasteiger partial charge is 0.261 e. The Bertz CT molecular complexity index is 550. The summed E-state index contributed by atoms with van der Waals surface area (Å²) in [4.78, 5) is 4.58. The molecule has 3 rings (SSSR count). The van der Waals surface area contributed by atoms with Gasteiger partial charge in [0.05, 0.1) is 0 Å². The summed E-state index contributed by atoms with van der Waals surface area (Å²) < 4.78 is 0. The van der Waals surface area contributed by atoms with E-state index in [9.17, 15) is 0 Å². The minimum atomic E-state index is 0.679. The monoisotopic (exact) mass is 243 g/mol. The summed E-state index contributed by atoms with van der Waals surface area (Å²) in [6.07, 6.45) is 2.00. The Morgan fingerprint density at radius 1 is 1.24 bits per heavy atom. The molecule has 1 aliphatic rings. The lowest BCUT2D eigenvalue weighted by Crippen LogP contribution is -2.10. The van der Waals surface area contributed by atoms with Crippen molar-refractivity contribution >= 4 is 22.5 Å². The summed E-state index contributed by atoms with van der Waals surface area (Å²) in [5.41, 5.74) is 2.70. The van der Waals surface area contributed by atoms with Crippen LogP contribution < -0.4 is 0 Å². The fraction of sp³-hybridized carbons (Fsp3) is 0.400. The molecule has 0 N–H and O–H groups in total. The van der Waals surface area contributed by atoms with Crippen molar-refractivity contribution in [3.63, 3.8) is 0 Å². The van der Waals surface area contributed by atoms with Gasteiger partial charge in [0.1, 0.15) is 0 Å². The Balaban J connectivity index is 2.23. The first-order valence-electron chi connectivity index (χ1n) is 6.19. The molecule has 1 aliphatic heterocycles. The fourth-order valence-electron chi connectivity index (χ4n) is 2.78. The van der Waals surface area contributed by atoms with Crippen molar-refractivity contribution in [1.29, 1.82) is 0 Å². The van der Waals surface area contributed by atoms with Crippen molar-refractivity contribution in [1.82, 2.24) is 4.98 Å². The third kappa shape index (κ3) is 1.85. The molecule has 0 bridgehead atoms. The van der Waals surface area contributed by atoms with Crippen LogP contribution in [0.5, 0.6) is 0 Å². The molecular weight excluding hydrogens is 226 g/mol. The van der Waals surface area contributed by atoms with Gasteiger partial charge in [-0.05, 0) is 35.5 Å². The second-order valence-corrected chi connectivity index (χ2v) is 6.04. The Labute approximate surface area is 107 Å². The number of thioether (sulfide) groups is 1.